The van der Waals surface area contributed by atoms with E-state index in [0.717, 1.165) is 29.0 Å². The summed E-state index contributed by atoms with van der Waals surface area (Å²) in [6.07, 6.45) is -3.74. The Bertz CT molecular complexity index is 1230. The third kappa shape index (κ3) is 4.46. The number of nitrogens with one attached hydrogen (secondary N) is 2. The van der Waals surface area contributed by atoms with Crippen molar-refractivity contribution in [2.45, 2.75) is 6.18 Å². The lowest BCUT2D eigenvalue weighted by molar-refractivity contribution is -0.137. The van der Waals surface area contributed by atoms with Gasteiger partial charge in [0.1, 0.15) is 5.56 Å². The summed E-state index contributed by atoms with van der Waals surface area (Å²) in [7, 11) is 0. The molecule has 0 fully saturated rings. The van der Waals surface area contributed by atoms with E-state index in [1.54, 1.807) is 30.3 Å². The maximum Gasteiger partial charge on any atom is 0.416 e. The predicted octanol–water partition coefficient (Wildman–Crippen LogP) is 3.38. The van der Waals surface area contributed by atoms with Crippen LogP contribution in [0.1, 0.15) is 21.5 Å². The second-order valence-electron chi connectivity index (χ2n) is 5.95. The highest BCUT2D eigenvalue weighted by Crippen LogP contribution is 2.31. The Morgan fingerprint density at radius 3 is 2.53 bits per heavy atom. The van der Waals surface area contributed by atoms with Crippen LogP contribution in [0.3, 0.4) is 0 Å². The zero-order valence-corrected chi connectivity index (χ0v) is 15.8. The summed E-state index contributed by atoms with van der Waals surface area (Å²) in [6, 6.07) is 12.2. The first-order chi connectivity index (χ1) is 14.2. The van der Waals surface area contributed by atoms with Gasteiger partial charge >= 0.3 is 6.18 Å². The lowest BCUT2D eigenvalue weighted by Gasteiger charge is -2.13. The molecule has 2 aromatic carbocycles. The molecule has 0 saturated carbocycles. The molecule has 0 radical (unpaired) electrons. The van der Waals surface area contributed by atoms with Crippen molar-refractivity contribution < 1.29 is 23.1 Å². The van der Waals surface area contributed by atoms with E-state index in [1.165, 1.54) is 6.07 Å². The summed E-state index contributed by atoms with van der Waals surface area (Å²) in [6.45, 7) is 0. The molecule has 0 atom stereocenters. The number of amides is 1. The van der Waals surface area contributed by atoms with E-state index >= 15 is 0 Å². The molecule has 154 valence electrons. The minimum absolute atomic E-state index is 0.119. The summed E-state index contributed by atoms with van der Waals surface area (Å²) in [5.74, 6) is -1.30. The number of aromatic nitrogens is 2. The van der Waals surface area contributed by atoms with Crippen LogP contribution in [0.5, 0.6) is 5.88 Å². The molecule has 1 heterocycles. The molecule has 30 heavy (non-hydrogen) atoms. The van der Waals surface area contributed by atoms with Crippen LogP contribution in [-0.2, 0) is 6.18 Å². The molecular weight excluding hydrogens is 421 g/mol. The third-order valence-electron chi connectivity index (χ3n) is 3.95. The average Bonchev–Trinajstić information content (AvgIpc) is 2.70. The Morgan fingerprint density at radius 1 is 1.17 bits per heavy atom. The first-order valence-electron chi connectivity index (χ1n) is 8.33. The molecule has 3 rings (SSSR count). The summed E-state index contributed by atoms with van der Waals surface area (Å²) < 4.78 is 39.5. The molecule has 7 nitrogen and oxygen atoms in total. The van der Waals surface area contributed by atoms with Crippen LogP contribution in [0.4, 0.5) is 13.2 Å². The van der Waals surface area contributed by atoms with E-state index in [-0.39, 0.29) is 10.5 Å². The maximum atomic E-state index is 13.0. The molecule has 11 heteroatoms. The van der Waals surface area contributed by atoms with Gasteiger partial charge in [-0.3, -0.25) is 19.1 Å². The van der Waals surface area contributed by atoms with Crippen LogP contribution in [0.2, 0.25) is 0 Å². The average molecular weight is 434 g/mol. The molecule has 1 aromatic heterocycles. The van der Waals surface area contributed by atoms with Crippen LogP contribution in [0.15, 0.2) is 64.5 Å². The van der Waals surface area contributed by atoms with Crippen molar-refractivity contribution in [3.63, 3.8) is 0 Å². The van der Waals surface area contributed by atoms with E-state index in [0.29, 0.717) is 5.56 Å². The highest BCUT2D eigenvalue weighted by atomic mass is 32.1. The molecule has 0 aliphatic heterocycles. The van der Waals surface area contributed by atoms with Crippen LogP contribution >= 0.6 is 12.2 Å². The molecule has 0 spiro atoms. The zero-order valence-electron chi connectivity index (χ0n) is 15.0. The predicted molar refractivity (Wildman–Crippen MR) is 105 cm³/mol. The topological polar surface area (TPSA) is 99.5 Å². The standard InChI is InChI=1S/C19H13F3N4O3S/c20-19(21,22)12-7-4-8-13(9-12)26-17(29)14(16(28)24-18(26)30)10-23-25-15(27)11-5-2-1-3-6-11/h1-10,29H,(H,25,27)(H,24,28,30). The third-order valence-corrected chi connectivity index (χ3v) is 4.23. The molecule has 3 aromatic rings. The van der Waals surface area contributed by atoms with Gasteiger partial charge < -0.3 is 5.11 Å². The van der Waals surface area contributed by atoms with E-state index in [2.05, 4.69) is 15.5 Å². The number of nitrogens with zero attached hydrogens (tertiary/aromatic N) is 2. The van der Waals surface area contributed by atoms with E-state index in [4.69, 9.17) is 12.2 Å². The van der Waals surface area contributed by atoms with Crippen molar-refractivity contribution in [2.24, 2.45) is 5.10 Å². The van der Waals surface area contributed by atoms with Crippen LogP contribution < -0.4 is 11.0 Å². The second-order valence-corrected chi connectivity index (χ2v) is 6.33. The number of halogens is 3. The number of hydrogen-bond acceptors (Lipinski definition) is 5. The highest BCUT2D eigenvalue weighted by molar-refractivity contribution is 7.71. The maximum absolute atomic E-state index is 13.0. The Kier molecular flexibility index (Phi) is 5.83. The SMILES string of the molecule is O=C(NN=Cc1c(O)n(-c2cccc(C(F)(F)F)c2)c(=S)[nH]c1=O)c1ccccc1. The van der Waals surface area contributed by atoms with E-state index < -0.39 is 34.6 Å². The first-order valence-corrected chi connectivity index (χ1v) is 8.73. The Labute approximate surface area is 172 Å². The minimum atomic E-state index is -4.61. The van der Waals surface area contributed by atoms with Crippen LogP contribution in [0.25, 0.3) is 5.69 Å². The van der Waals surface area contributed by atoms with Crippen molar-refractivity contribution in [3.8, 4) is 11.6 Å². The largest absolute Gasteiger partial charge is 0.494 e. The number of hydrogen-bond donors (Lipinski definition) is 3. The number of rotatable bonds is 4. The summed E-state index contributed by atoms with van der Waals surface area (Å²) in [4.78, 5) is 26.4. The lowest BCUT2D eigenvalue weighted by atomic mass is 10.2. The van der Waals surface area contributed by atoms with Crippen molar-refractivity contribution >= 4 is 24.3 Å². The van der Waals surface area contributed by atoms with Gasteiger partial charge in [-0.25, -0.2) is 5.43 Å². The minimum Gasteiger partial charge on any atom is -0.494 e. The van der Waals surface area contributed by atoms with Crippen molar-refractivity contribution in [1.82, 2.24) is 15.0 Å². The lowest BCUT2D eigenvalue weighted by Crippen LogP contribution is -2.21. The number of carbonyl (C=O) groups excluding carboxylic acids is 1. The fraction of sp³-hybridized carbons (Fsp3) is 0.0526. The smallest absolute Gasteiger partial charge is 0.416 e. The molecule has 0 aliphatic carbocycles. The Morgan fingerprint density at radius 2 is 1.87 bits per heavy atom. The molecule has 0 saturated heterocycles. The van der Waals surface area contributed by atoms with Crippen molar-refractivity contribution in [2.75, 3.05) is 0 Å². The zero-order chi connectivity index (χ0) is 21.9. The highest BCUT2D eigenvalue weighted by Gasteiger charge is 2.30. The Balaban J connectivity index is 1.97. The van der Waals surface area contributed by atoms with Gasteiger partial charge in [-0.1, -0.05) is 24.3 Å². The monoisotopic (exact) mass is 434 g/mol. The van der Waals surface area contributed by atoms with Gasteiger partial charge in [0.15, 0.2) is 4.77 Å². The molecular formula is C19H13F3N4O3S. The summed E-state index contributed by atoms with van der Waals surface area (Å²) in [5.41, 5.74) is 0.178. The Hall–Kier alpha value is -3.73. The van der Waals surface area contributed by atoms with E-state index in [1.807, 2.05) is 0 Å². The molecule has 3 N–H and O–H groups in total. The van der Waals surface area contributed by atoms with Crippen LogP contribution in [0, 0.1) is 4.77 Å². The number of alkyl halides is 3. The fourth-order valence-corrected chi connectivity index (χ4v) is 2.81. The van der Waals surface area contributed by atoms with Gasteiger partial charge in [0.05, 0.1) is 17.5 Å². The number of carbonyl (C=O) groups is 1. The molecule has 1 amide bonds. The first kappa shape index (κ1) is 21.0. The number of aromatic amines is 1. The van der Waals surface area contributed by atoms with Gasteiger partial charge in [-0.05, 0) is 42.5 Å². The quantitative estimate of drug-likeness (QED) is 0.333. The normalized spacial score (nSPS) is 11.6. The molecule has 0 aliphatic rings. The number of benzene rings is 2. The second kappa shape index (κ2) is 8.33. The number of H-pyrrole nitrogens is 1. The number of hydrazone groups is 1. The van der Waals surface area contributed by atoms with Crippen molar-refractivity contribution in [3.05, 3.63) is 86.4 Å². The van der Waals surface area contributed by atoms with Crippen LogP contribution in [-0.4, -0.2) is 26.8 Å². The fourth-order valence-electron chi connectivity index (χ4n) is 2.53. The number of aromatic hydroxyl groups is 1. The van der Waals surface area contributed by atoms with Gasteiger partial charge in [-0.15, -0.1) is 0 Å². The van der Waals surface area contributed by atoms with Gasteiger partial charge in [-0.2, -0.15) is 18.3 Å². The van der Waals surface area contributed by atoms with Gasteiger partial charge in [0, 0.05) is 5.56 Å². The summed E-state index contributed by atoms with van der Waals surface area (Å²) in [5, 5.41) is 14.1. The van der Waals surface area contributed by atoms with Gasteiger partial charge in [0.2, 0.25) is 5.88 Å². The molecule has 0 unspecified atom stereocenters. The van der Waals surface area contributed by atoms with Gasteiger partial charge in [0.25, 0.3) is 11.5 Å². The molecule has 0 bridgehead atoms. The summed E-state index contributed by atoms with van der Waals surface area (Å²) >= 11 is 4.98. The van der Waals surface area contributed by atoms with E-state index in [9.17, 15) is 27.9 Å². The van der Waals surface area contributed by atoms with Crippen molar-refractivity contribution in [1.29, 1.82) is 0 Å².